The van der Waals surface area contributed by atoms with Crippen LogP contribution in [0.15, 0.2) is 36.7 Å². The van der Waals surface area contributed by atoms with Gasteiger partial charge in [-0.1, -0.05) is 6.07 Å². The molecule has 0 fully saturated rings. The van der Waals surface area contributed by atoms with Crippen LogP contribution in [0.3, 0.4) is 0 Å². The van der Waals surface area contributed by atoms with Gasteiger partial charge < -0.3 is 19.3 Å². The van der Waals surface area contributed by atoms with Crippen molar-refractivity contribution < 1.29 is 14.3 Å². The van der Waals surface area contributed by atoms with Gasteiger partial charge in [-0.15, -0.1) is 0 Å². The number of carbonyl (C=O) groups excluding carboxylic acids is 1. The van der Waals surface area contributed by atoms with Crippen LogP contribution in [0.2, 0.25) is 0 Å². The highest BCUT2D eigenvalue weighted by atomic mass is 16.7. The van der Waals surface area contributed by atoms with Crippen LogP contribution in [0.25, 0.3) is 0 Å². The Bertz CT molecular complexity index is 810. The maximum Gasteiger partial charge on any atom is 0.254 e. The highest BCUT2D eigenvalue weighted by Gasteiger charge is 2.30. The van der Waals surface area contributed by atoms with E-state index in [1.54, 1.807) is 6.20 Å². The quantitative estimate of drug-likeness (QED) is 0.718. The summed E-state index contributed by atoms with van der Waals surface area (Å²) in [6, 6.07) is 7.87. The number of carbonyl (C=O) groups is 1. The third kappa shape index (κ3) is 4.06. The molecule has 0 unspecified atom stereocenters. The summed E-state index contributed by atoms with van der Waals surface area (Å²) in [6.07, 6.45) is 6.87. The second-order valence-corrected chi connectivity index (χ2v) is 7.21. The summed E-state index contributed by atoms with van der Waals surface area (Å²) >= 11 is 0. The number of benzene rings is 1. The summed E-state index contributed by atoms with van der Waals surface area (Å²) in [5.74, 6) is 1.52. The zero-order chi connectivity index (χ0) is 18.6. The molecular formula is C21H25N3O3. The van der Waals surface area contributed by atoms with Crippen LogP contribution in [0.4, 0.5) is 0 Å². The monoisotopic (exact) mass is 367 g/mol. The van der Waals surface area contributed by atoms with Crippen molar-refractivity contribution in [2.75, 3.05) is 33.5 Å². The second kappa shape index (κ2) is 7.96. The third-order valence-corrected chi connectivity index (χ3v) is 5.17. The number of rotatable bonds is 8. The van der Waals surface area contributed by atoms with Crippen molar-refractivity contribution in [1.82, 2.24) is 14.8 Å². The molecule has 6 nitrogen and oxygen atoms in total. The minimum absolute atomic E-state index is 0.0996. The van der Waals surface area contributed by atoms with Crippen LogP contribution < -0.4 is 9.47 Å². The lowest BCUT2D eigenvalue weighted by molar-refractivity contribution is 0.0771. The Labute approximate surface area is 159 Å². The van der Waals surface area contributed by atoms with E-state index in [4.69, 9.17) is 9.47 Å². The fourth-order valence-electron chi connectivity index (χ4n) is 3.68. The zero-order valence-corrected chi connectivity index (χ0v) is 15.7. The molecule has 6 heteroatoms. The number of fused-ring (bicyclic) bond motifs is 2. The molecule has 142 valence electrons. The predicted molar refractivity (Wildman–Crippen MR) is 102 cm³/mol. The Morgan fingerprint density at radius 1 is 1.19 bits per heavy atom. The van der Waals surface area contributed by atoms with Crippen LogP contribution in [0.1, 0.15) is 34.3 Å². The second-order valence-electron chi connectivity index (χ2n) is 7.21. The normalized spacial score (nSPS) is 14.9. The number of nitrogens with zero attached hydrogens (tertiary/aromatic N) is 3. The molecular weight excluding hydrogens is 342 g/mol. The molecule has 1 amide bonds. The molecule has 2 aliphatic rings. The molecule has 0 saturated heterocycles. The number of amides is 1. The lowest BCUT2D eigenvalue weighted by atomic mass is 10.1. The first-order valence-electron chi connectivity index (χ1n) is 9.50. The van der Waals surface area contributed by atoms with Gasteiger partial charge in [-0.3, -0.25) is 9.78 Å². The van der Waals surface area contributed by atoms with E-state index in [0.717, 1.165) is 55.8 Å². The number of pyridine rings is 1. The first kappa shape index (κ1) is 17.8. The van der Waals surface area contributed by atoms with E-state index in [2.05, 4.69) is 23.0 Å². The van der Waals surface area contributed by atoms with Gasteiger partial charge in [0.25, 0.3) is 5.91 Å². The highest BCUT2D eigenvalue weighted by Crippen LogP contribution is 2.37. The van der Waals surface area contributed by atoms with Crippen molar-refractivity contribution in [1.29, 1.82) is 0 Å². The van der Waals surface area contributed by atoms with Crippen molar-refractivity contribution in [2.24, 2.45) is 0 Å². The summed E-state index contributed by atoms with van der Waals surface area (Å²) in [4.78, 5) is 21.0. The van der Waals surface area contributed by atoms with Crippen LogP contribution >= 0.6 is 0 Å². The minimum Gasteiger partial charge on any atom is -0.454 e. The summed E-state index contributed by atoms with van der Waals surface area (Å²) in [6.45, 7) is 3.70. The first-order valence-corrected chi connectivity index (χ1v) is 9.50. The van der Waals surface area contributed by atoms with Crippen LogP contribution in [0, 0.1) is 0 Å². The Morgan fingerprint density at radius 3 is 2.81 bits per heavy atom. The zero-order valence-electron chi connectivity index (χ0n) is 15.7. The lowest BCUT2D eigenvalue weighted by Crippen LogP contribution is -2.29. The SMILES string of the molecule is CN(CCCc1cccnc1)CCCN1Cc2cc3c(cc2C1=O)OCO3. The molecule has 0 aliphatic carbocycles. The van der Waals surface area contributed by atoms with Gasteiger partial charge in [0.2, 0.25) is 6.79 Å². The Hall–Kier alpha value is -2.60. The predicted octanol–water partition coefficient (Wildman–Crippen LogP) is 2.72. The number of hydrogen-bond acceptors (Lipinski definition) is 5. The van der Waals surface area contributed by atoms with Gasteiger partial charge in [-0.2, -0.15) is 0 Å². The molecule has 0 N–H and O–H groups in total. The van der Waals surface area contributed by atoms with E-state index in [0.29, 0.717) is 12.3 Å². The number of hydrogen-bond donors (Lipinski definition) is 0. The summed E-state index contributed by atoms with van der Waals surface area (Å²) < 4.78 is 10.8. The first-order chi connectivity index (χ1) is 13.2. The number of aromatic nitrogens is 1. The molecule has 0 saturated carbocycles. The van der Waals surface area contributed by atoms with Gasteiger partial charge in [0.1, 0.15) is 0 Å². The van der Waals surface area contributed by atoms with Gasteiger partial charge in [0.05, 0.1) is 0 Å². The molecule has 0 radical (unpaired) electrons. The number of aryl methyl sites for hydroxylation is 1. The van der Waals surface area contributed by atoms with E-state index >= 15 is 0 Å². The van der Waals surface area contributed by atoms with E-state index in [1.165, 1.54) is 5.56 Å². The molecule has 0 spiro atoms. The fourth-order valence-corrected chi connectivity index (χ4v) is 3.68. The lowest BCUT2D eigenvalue weighted by Gasteiger charge is -2.20. The maximum absolute atomic E-state index is 12.6. The molecule has 2 aliphatic heterocycles. The van der Waals surface area contributed by atoms with E-state index < -0.39 is 0 Å². The summed E-state index contributed by atoms with van der Waals surface area (Å²) in [7, 11) is 2.14. The topological polar surface area (TPSA) is 54.9 Å². The average molecular weight is 367 g/mol. The van der Waals surface area contributed by atoms with E-state index in [-0.39, 0.29) is 12.7 Å². The highest BCUT2D eigenvalue weighted by molar-refractivity contribution is 5.99. The largest absolute Gasteiger partial charge is 0.454 e. The van der Waals surface area contributed by atoms with Gasteiger partial charge in [0.15, 0.2) is 11.5 Å². The molecule has 2 aromatic rings. The van der Waals surface area contributed by atoms with E-state index in [9.17, 15) is 4.79 Å². The van der Waals surface area contributed by atoms with Crippen LogP contribution in [-0.4, -0.2) is 54.2 Å². The molecule has 0 bridgehead atoms. The van der Waals surface area contributed by atoms with Crippen molar-refractivity contribution >= 4 is 5.91 Å². The van der Waals surface area contributed by atoms with Crippen molar-refractivity contribution in [3.8, 4) is 11.5 Å². The minimum atomic E-state index is 0.0996. The number of ether oxygens (including phenoxy) is 2. The average Bonchev–Trinajstić information content (AvgIpc) is 3.25. The summed E-state index contributed by atoms with van der Waals surface area (Å²) in [5.41, 5.74) is 3.07. The Kier molecular flexibility index (Phi) is 5.25. The molecule has 4 rings (SSSR count). The molecule has 0 atom stereocenters. The standard InChI is InChI=1S/C21H25N3O3/c1-23(8-3-6-16-5-2-7-22-13-16)9-4-10-24-14-17-11-19-20(27-15-26-19)12-18(17)21(24)25/h2,5,7,11-13H,3-4,6,8-10,14-15H2,1H3. The summed E-state index contributed by atoms with van der Waals surface area (Å²) in [5, 5.41) is 0. The van der Waals surface area contributed by atoms with Gasteiger partial charge in [0, 0.05) is 31.0 Å². The van der Waals surface area contributed by atoms with Gasteiger partial charge in [-0.05, 0) is 68.7 Å². The molecule has 3 heterocycles. The molecule has 1 aromatic carbocycles. The van der Waals surface area contributed by atoms with Crippen molar-refractivity contribution in [3.63, 3.8) is 0 Å². The smallest absolute Gasteiger partial charge is 0.254 e. The molecule has 27 heavy (non-hydrogen) atoms. The van der Waals surface area contributed by atoms with Crippen molar-refractivity contribution in [2.45, 2.75) is 25.8 Å². The van der Waals surface area contributed by atoms with Crippen LogP contribution in [0.5, 0.6) is 11.5 Å². The Morgan fingerprint density at radius 2 is 2.00 bits per heavy atom. The van der Waals surface area contributed by atoms with E-state index in [1.807, 2.05) is 29.3 Å². The molecule has 1 aromatic heterocycles. The fraction of sp³-hybridized carbons (Fsp3) is 0.429. The maximum atomic E-state index is 12.6. The third-order valence-electron chi connectivity index (χ3n) is 5.17. The van der Waals surface area contributed by atoms with Crippen molar-refractivity contribution in [3.05, 3.63) is 53.3 Å². The Balaban J connectivity index is 1.20. The van der Waals surface area contributed by atoms with Gasteiger partial charge >= 0.3 is 0 Å². The van der Waals surface area contributed by atoms with Crippen LogP contribution in [-0.2, 0) is 13.0 Å². The van der Waals surface area contributed by atoms with Gasteiger partial charge in [-0.25, -0.2) is 0 Å².